The molecule has 0 bridgehead atoms. The second kappa shape index (κ2) is 5.31. The largest absolute Gasteiger partial charge is 0.364 e. The number of anilines is 1. The van der Waals surface area contributed by atoms with Crippen LogP contribution in [0.15, 0.2) is 36.8 Å². The normalized spacial score (nSPS) is 10.9. The molecular formula is C14H12Cl2N4. The van der Waals surface area contributed by atoms with E-state index >= 15 is 0 Å². The third-order valence-corrected chi connectivity index (χ3v) is 3.96. The zero-order chi connectivity index (χ0) is 14.1. The first kappa shape index (κ1) is 13.2. The Labute approximate surface area is 126 Å². The van der Waals surface area contributed by atoms with Crippen molar-refractivity contribution in [1.29, 1.82) is 0 Å². The summed E-state index contributed by atoms with van der Waals surface area (Å²) < 4.78 is 1.93. The average Bonchev–Trinajstić information content (AvgIpc) is 2.83. The number of benzene rings is 1. The van der Waals surface area contributed by atoms with E-state index < -0.39 is 0 Å². The fraction of sp³-hybridized carbons (Fsp3) is 0.143. The number of hydrogen-bond donors (Lipinski definition) is 1. The summed E-state index contributed by atoms with van der Waals surface area (Å²) in [5.41, 5.74) is 2.80. The number of hydrogen-bond acceptors (Lipinski definition) is 3. The van der Waals surface area contributed by atoms with Crippen LogP contribution in [0.25, 0.3) is 11.0 Å². The Bertz CT molecular complexity index is 767. The molecule has 2 aromatic heterocycles. The van der Waals surface area contributed by atoms with E-state index in [4.69, 9.17) is 23.2 Å². The highest BCUT2D eigenvalue weighted by Gasteiger charge is 2.08. The van der Waals surface area contributed by atoms with Gasteiger partial charge < -0.3 is 9.88 Å². The third kappa shape index (κ3) is 2.32. The lowest BCUT2D eigenvalue weighted by molar-refractivity contribution is 0.942. The van der Waals surface area contributed by atoms with Gasteiger partial charge in [0.1, 0.15) is 5.52 Å². The molecule has 2 heterocycles. The molecule has 0 saturated carbocycles. The van der Waals surface area contributed by atoms with Crippen molar-refractivity contribution < 1.29 is 0 Å². The fourth-order valence-corrected chi connectivity index (χ4v) is 2.48. The molecule has 1 N–H and O–H groups in total. The van der Waals surface area contributed by atoms with E-state index in [0.717, 1.165) is 22.4 Å². The molecule has 1 aromatic carbocycles. The van der Waals surface area contributed by atoms with Gasteiger partial charge in [-0.3, -0.25) is 0 Å². The van der Waals surface area contributed by atoms with Gasteiger partial charge in [-0.25, -0.2) is 9.97 Å². The van der Waals surface area contributed by atoms with Crippen molar-refractivity contribution in [3.8, 4) is 0 Å². The summed E-state index contributed by atoms with van der Waals surface area (Å²) >= 11 is 12.2. The molecule has 0 aliphatic heterocycles. The zero-order valence-corrected chi connectivity index (χ0v) is 12.3. The van der Waals surface area contributed by atoms with Crippen molar-refractivity contribution in [2.24, 2.45) is 7.05 Å². The highest BCUT2D eigenvalue weighted by Crippen LogP contribution is 2.27. The molecule has 4 nitrogen and oxygen atoms in total. The van der Waals surface area contributed by atoms with E-state index in [1.54, 1.807) is 18.6 Å². The second-order valence-electron chi connectivity index (χ2n) is 4.45. The number of fused-ring (bicyclic) bond motifs is 1. The van der Waals surface area contributed by atoms with Crippen LogP contribution in [0, 0.1) is 0 Å². The highest BCUT2D eigenvalue weighted by atomic mass is 35.5. The summed E-state index contributed by atoms with van der Waals surface area (Å²) in [5, 5.41) is 4.41. The van der Waals surface area contributed by atoms with Crippen LogP contribution in [0.2, 0.25) is 10.0 Å². The van der Waals surface area contributed by atoms with Gasteiger partial charge in [0.25, 0.3) is 0 Å². The first-order valence-corrected chi connectivity index (χ1v) is 6.85. The molecule has 0 atom stereocenters. The second-order valence-corrected chi connectivity index (χ2v) is 5.23. The monoisotopic (exact) mass is 306 g/mol. The Kier molecular flexibility index (Phi) is 3.51. The minimum atomic E-state index is 0.552. The van der Waals surface area contributed by atoms with Crippen LogP contribution in [0.1, 0.15) is 5.56 Å². The average molecular weight is 307 g/mol. The molecule has 0 aliphatic rings. The molecule has 0 aliphatic carbocycles. The molecule has 0 fully saturated rings. The van der Waals surface area contributed by atoms with Crippen LogP contribution in [0.5, 0.6) is 0 Å². The Morgan fingerprint density at radius 3 is 2.90 bits per heavy atom. The zero-order valence-electron chi connectivity index (χ0n) is 10.8. The third-order valence-electron chi connectivity index (χ3n) is 3.10. The standard InChI is InChI=1S/C14H12Cl2N4/c1-20-8-19-11-5-6-17-14(13(11)20)18-7-9-3-2-4-10(15)12(9)16/h2-6,8H,7H2,1H3,(H,17,18). The van der Waals surface area contributed by atoms with E-state index in [0.29, 0.717) is 16.6 Å². The molecule has 3 rings (SSSR count). The summed E-state index contributed by atoms with van der Waals surface area (Å²) in [6.07, 6.45) is 3.50. The summed E-state index contributed by atoms with van der Waals surface area (Å²) in [4.78, 5) is 8.66. The predicted octanol–water partition coefficient (Wildman–Crippen LogP) is 3.89. The number of rotatable bonds is 3. The number of pyridine rings is 1. The van der Waals surface area contributed by atoms with Gasteiger partial charge in [0, 0.05) is 19.8 Å². The minimum Gasteiger partial charge on any atom is -0.364 e. The molecule has 0 amide bonds. The highest BCUT2D eigenvalue weighted by molar-refractivity contribution is 6.42. The molecule has 0 radical (unpaired) electrons. The van der Waals surface area contributed by atoms with Crippen LogP contribution >= 0.6 is 23.2 Å². The molecule has 0 spiro atoms. The summed E-state index contributed by atoms with van der Waals surface area (Å²) in [6, 6.07) is 7.47. The first-order chi connectivity index (χ1) is 9.66. The fourth-order valence-electron chi connectivity index (χ4n) is 2.10. The van der Waals surface area contributed by atoms with Gasteiger partial charge >= 0.3 is 0 Å². The molecule has 102 valence electrons. The van der Waals surface area contributed by atoms with Crippen molar-refractivity contribution in [2.75, 3.05) is 5.32 Å². The van der Waals surface area contributed by atoms with E-state index in [2.05, 4.69) is 15.3 Å². The Morgan fingerprint density at radius 1 is 1.20 bits per heavy atom. The van der Waals surface area contributed by atoms with Gasteiger partial charge in [-0.05, 0) is 17.7 Å². The van der Waals surface area contributed by atoms with Crippen molar-refractivity contribution >= 4 is 40.1 Å². The van der Waals surface area contributed by atoms with Gasteiger partial charge in [-0.2, -0.15) is 0 Å². The van der Waals surface area contributed by atoms with E-state index in [9.17, 15) is 0 Å². The summed E-state index contributed by atoms with van der Waals surface area (Å²) in [6.45, 7) is 0.552. The maximum Gasteiger partial charge on any atom is 0.152 e. The molecule has 0 unspecified atom stereocenters. The number of halogens is 2. The van der Waals surface area contributed by atoms with Crippen LogP contribution in [0.3, 0.4) is 0 Å². The van der Waals surface area contributed by atoms with E-state index in [1.165, 1.54) is 0 Å². The predicted molar refractivity (Wildman–Crippen MR) is 82.3 cm³/mol. The Morgan fingerprint density at radius 2 is 2.05 bits per heavy atom. The maximum atomic E-state index is 6.18. The van der Waals surface area contributed by atoms with Crippen LogP contribution in [-0.2, 0) is 13.6 Å². The topological polar surface area (TPSA) is 42.7 Å². The smallest absolute Gasteiger partial charge is 0.152 e. The Balaban J connectivity index is 1.91. The van der Waals surface area contributed by atoms with Crippen molar-refractivity contribution in [2.45, 2.75) is 6.54 Å². The van der Waals surface area contributed by atoms with Gasteiger partial charge in [0.05, 0.1) is 21.9 Å². The van der Waals surface area contributed by atoms with E-state index in [-0.39, 0.29) is 0 Å². The van der Waals surface area contributed by atoms with E-state index in [1.807, 2.05) is 29.8 Å². The SMILES string of the molecule is Cn1cnc2ccnc(NCc3cccc(Cl)c3Cl)c21. The lowest BCUT2D eigenvalue weighted by Gasteiger charge is -2.09. The van der Waals surface area contributed by atoms with Crippen molar-refractivity contribution in [3.63, 3.8) is 0 Å². The summed E-state index contributed by atoms with van der Waals surface area (Å²) in [5.74, 6) is 0.776. The van der Waals surface area contributed by atoms with Crippen molar-refractivity contribution in [3.05, 3.63) is 52.4 Å². The van der Waals surface area contributed by atoms with Gasteiger partial charge in [0.2, 0.25) is 0 Å². The number of imidazole rings is 1. The number of aromatic nitrogens is 3. The minimum absolute atomic E-state index is 0.552. The molecule has 6 heteroatoms. The van der Waals surface area contributed by atoms with Gasteiger partial charge in [-0.1, -0.05) is 35.3 Å². The lowest BCUT2D eigenvalue weighted by Crippen LogP contribution is -2.04. The number of aryl methyl sites for hydroxylation is 1. The Hall–Kier alpha value is -1.78. The molecule has 0 saturated heterocycles. The quantitative estimate of drug-likeness (QED) is 0.798. The first-order valence-electron chi connectivity index (χ1n) is 6.09. The van der Waals surface area contributed by atoms with Crippen LogP contribution < -0.4 is 5.32 Å². The van der Waals surface area contributed by atoms with Gasteiger partial charge in [-0.15, -0.1) is 0 Å². The molecular weight excluding hydrogens is 295 g/mol. The maximum absolute atomic E-state index is 6.18. The molecule has 20 heavy (non-hydrogen) atoms. The summed E-state index contributed by atoms with van der Waals surface area (Å²) in [7, 11) is 1.94. The van der Waals surface area contributed by atoms with Crippen LogP contribution in [-0.4, -0.2) is 14.5 Å². The molecule has 3 aromatic rings. The van der Waals surface area contributed by atoms with Crippen LogP contribution in [0.4, 0.5) is 5.82 Å². The van der Waals surface area contributed by atoms with Gasteiger partial charge in [0.15, 0.2) is 5.82 Å². The number of nitrogens with one attached hydrogen (secondary N) is 1. The lowest BCUT2D eigenvalue weighted by atomic mass is 10.2. The van der Waals surface area contributed by atoms with Crippen molar-refractivity contribution in [1.82, 2.24) is 14.5 Å². The number of nitrogens with zero attached hydrogens (tertiary/aromatic N) is 3.